The normalized spacial score (nSPS) is 12.9. The van der Waals surface area contributed by atoms with Gasteiger partial charge in [-0.05, 0) is 48.6 Å². The van der Waals surface area contributed by atoms with E-state index in [9.17, 15) is 4.79 Å². The number of nitrogens with zero attached hydrogens (tertiary/aromatic N) is 1. The molecule has 0 aliphatic rings. The lowest BCUT2D eigenvalue weighted by atomic mass is 9.82. The third kappa shape index (κ3) is 7.54. The van der Waals surface area contributed by atoms with Crippen molar-refractivity contribution < 1.29 is 14.3 Å². The number of hydrogen-bond donors (Lipinski definition) is 0. The number of benzene rings is 1. The van der Waals surface area contributed by atoms with Gasteiger partial charge >= 0.3 is 5.97 Å². The first kappa shape index (κ1) is 23.5. The predicted octanol–water partition coefficient (Wildman–Crippen LogP) is 7.19. The number of aromatic nitrogens is 1. The minimum Gasteiger partial charge on any atom is -0.459 e. The maximum atomic E-state index is 12.7. The van der Waals surface area contributed by atoms with Gasteiger partial charge in [-0.25, -0.2) is 4.98 Å². The summed E-state index contributed by atoms with van der Waals surface area (Å²) in [5, 5.41) is 0.626. The lowest BCUT2D eigenvalue weighted by Gasteiger charge is -2.25. The molecule has 1 heterocycles. The zero-order valence-electron chi connectivity index (χ0n) is 16.6. The SMILES string of the molecule is CCC(C=C(Cl)Cl)C(C(=O)OCc1cccc(Oc2ccc(Cl)cc2)n1)C(C)C. The van der Waals surface area contributed by atoms with Crippen molar-refractivity contribution in [2.24, 2.45) is 17.8 Å². The number of halogens is 3. The van der Waals surface area contributed by atoms with Gasteiger partial charge in [0.05, 0.1) is 11.6 Å². The maximum absolute atomic E-state index is 12.7. The fraction of sp³-hybridized carbons (Fsp3) is 0.364. The third-order valence-corrected chi connectivity index (χ3v) is 4.95. The Bertz CT molecular complexity index is 833. The smallest absolute Gasteiger partial charge is 0.310 e. The molecule has 0 fully saturated rings. The average molecular weight is 457 g/mol. The topological polar surface area (TPSA) is 48.4 Å². The monoisotopic (exact) mass is 455 g/mol. The first-order valence-electron chi connectivity index (χ1n) is 9.39. The Morgan fingerprint density at radius 1 is 1.14 bits per heavy atom. The highest BCUT2D eigenvalue weighted by molar-refractivity contribution is 6.55. The van der Waals surface area contributed by atoms with Gasteiger partial charge in [0.2, 0.25) is 5.88 Å². The van der Waals surface area contributed by atoms with Crippen molar-refractivity contribution >= 4 is 40.8 Å². The van der Waals surface area contributed by atoms with E-state index in [0.717, 1.165) is 6.42 Å². The molecule has 0 aliphatic heterocycles. The highest BCUT2D eigenvalue weighted by atomic mass is 35.5. The molecule has 0 amide bonds. The maximum Gasteiger partial charge on any atom is 0.310 e. The number of rotatable bonds is 9. The number of esters is 1. The number of ether oxygens (including phenoxy) is 2. The molecule has 1 aromatic carbocycles. The molecule has 29 heavy (non-hydrogen) atoms. The summed E-state index contributed by atoms with van der Waals surface area (Å²) < 4.78 is 11.4. The summed E-state index contributed by atoms with van der Waals surface area (Å²) in [6.07, 6.45) is 2.43. The predicted molar refractivity (Wildman–Crippen MR) is 117 cm³/mol. The van der Waals surface area contributed by atoms with Crippen molar-refractivity contribution in [1.82, 2.24) is 4.98 Å². The summed E-state index contributed by atoms with van der Waals surface area (Å²) in [6, 6.07) is 12.3. The zero-order valence-corrected chi connectivity index (χ0v) is 18.8. The Kier molecular flexibility index (Phi) is 9.28. The first-order valence-corrected chi connectivity index (χ1v) is 10.5. The second kappa shape index (κ2) is 11.4. The van der Waals surface area contributed by atoms with Gasteiger partial charge in [0.1, 0.15) is 16.8 Å². The summed E-state index contributed by atoms with van der Waals surface area (Å²) in [5.74, 6) is 0.351. The van der Waals surface area contributed by atoms with E-state index in [2.05, 4.69) is 4.98 Å². The second-order valence-corrected chi connectivity index (χ2v) is 8.37. The van der Waals surface area contributed by atoms with E-state index in [0.29, 0.717) is 22.3 Å². The van der Waals surface area contributed by atoms with E-state index in [1.807, 2.05) is 20.8 Å². The van der Waals surface area contributed by atoms with Crippen LogP contribution < -0.4 is 4.74 Å². The lowest BCUT2D eigenvalue weighted by molar-refractivity contribution is -0.153. The van der Waals surface area contributed by atoms with Crippen LogP contribution in [0.5, 0.6) is 11.6 Å². The molecule has 4 nitrogen and oxygen atoms in total. The van der Waals surface area contributed by atoms with Crippen LogP contribution >= 0.6 is 34.8 Å². The minimum atomic E-state index is -0.346. The molecule has 0 saturated carbocycles. The van der Waals surface area contributed by atoms with Gasteiger partial charge in [-0.15, -0.1) is 0 Å². The molecular weight excluding hydrogens is 433 g/mol. The largest absolute Gasteiger partial charge is 0.459 e. The summed E-state index contributed by atoms with van der Waals surface area (Å²) in [5.41, 5.74) is 0.589. The van der Waals surface area contributed by atoms with Crippen LogP contribution in [0.15, 0.2) is 53.0 Å². The van der Waals surface area contributed by atoms with E-state index in [1.165, 1.54) is 0 Å². The molecule has 0 saturated heterocycles. The van der Waals surface area contributed by atoms with Crippen LogP contribution in [0, 0.1) is 17.8 Å². The highest BCUT2D eigenvalue weighted by Gasteiger charge is 2.30. The van der Waals surface area contributed by atoms with Crippen molar-refractivity contribution in [1.29, 1.82) is 0 Å². The first-order chi connectivity index (χ1) is 13.8. The van der Waals surface area contributed by atoms with Crippen LogP contribution in [0.2, 0.25) is 5.02 Å². The number of hydrogen-bond acceptors (Lipinski definition) is 4. The van der Waals surface area contributed by atoms with Gasteiger partial charge in [-0.2, -0.15) is 0 Å². The van der Waals surface area contributed by atoms with Crippen molar-refractivity contribution in [3.05, 3.63) is 63.7 Å². The third-order valence-electron chi connectivity index (χ3n) is 4.44. The van der Waals surface area contributed by atoms with Gasteiger partial charge in [-0.3, -0.25) is 4.79 Å². The van der Waals surface area contributed by atoms with Gasteiger partial charge < -0.3 is 9.47 Å². The molecule has 2 rings (SSSR count). The van der Waals surface area contributed by atoms with Crippen LogP contribution in [0.25, 0.3) is 0 Å². The average Bonchev–Trinajstić information content (AvgIpc) is 2.67. The Morgan fingerprint density at radius 3 is 2.41 bits per heavy atom. The van der Waals surface area contributed by atoms with Crippen LogP contribution in [0.3, 0.4) is 0 Å². The van der Waals surface area contributed by atoms with Crippen LogP contribution in [-0.2, 0) is 16.1 Å². The Morgan fingerprint density at radius 2 is 1.83 bits per heavy atom. The zero-order chi connectivity index (χ0) is 21.4. The summed E-state index contributed by atoms with van der Waals surface area (Å²) in [7, 11) is 0. The minimum absolute atomic E-state index is 0.0502. The molecule has 7 heteroatoms. The Hall–Kier alpha value is -1.75. The number of pyridine rings is 1. The van der Waals surface area contributed by atoms with E-state index in [1.54, 1.807) is 48.5 Å². The molecule has 2 aromatic rings. The van der Waals surface area contributed by atoms with Gasteiger partial charge in [0.15, 0.2) is 0 Å². The van der Waals surface area contributed by atoms with Crippen LogP contribution in [-0.4, -0.2) is 11.0 Å². The van der Waals surface area contributed by atoms with Gasteiger partial charge in [0, 0.05) is 11.1 Å². The fourth-order valence-corrected chi connectivity index (χ4v) is 3.49. The molecule has 156 valence electrons. The summed E-state index contributed by atoms with van der Waals surface area (Å²) in [4.78, 5) is 17.1. The van der Waals surface area contributed by atoms with Crippen molar-refractivity contribution in [3.63, 3.8) is 0 Å². The quantitative estimate of drug-likeness (QED) is 0.375. The molecule has 2 atom stereocenters. The van der Waals surface area contributed by atoms with E-state index in [4.69, 9.17) is 44.3 Å². The Labute approximate surface area is 186 Å². The highest BCUT2D eigenvalue weighted by Crippen LogP contribution is 2.29. The molecule has 0 bridgehead atoms. The summed E-state index contributed by atoms with van der Waals surface area (Å²) >= 11 is 17.5. The van der Waals surface area contributed by atoms with Crippen molar-refractivity contribution in [3.8, 4) is 11.6 Å². The van der Waals surface area contributed by atoms with E-state index in [-0.39, 0.29) is 34.8 Å². The summed E-state index contributed by atoms with van der Waals surface area (Å²) in [6.45, 7) is 5.99. The fourth-order valence-electron chi connectivity index (χ4n) is 3.04. The molecule has 0 aliphatic carbocycles. The van der Waals surface area contributed by atoms with Gasteiger partial charge in [0.25, 0.3) is 0 Å². The Balaban J connectivity index is 2.04. The number of carbonyl (C=O) groups is 1. The van der Waals surface area contributed by atoms with Crippen LogP contribution in [0.4, 0.5) is 0 Å². The van der Waals surface area contributed by atoms with Crippen molar-refractivity contribution in [2.45, 2.75) is 33.8 Å². The van der Waals surface area contributed by atoms with E-state index >= 15 is 0 Å². The molecular formula is C22H24Cl3NO3. The van der Waals surface area contributed by atoms with Crippen molar-refractivity contribution in [2.75, 3.05) is 0 Å². The lowest BCUT2D eigenvalue weighted by Crippen LogP contribution is -2.29. The van der Waals surface area contributed by atoms with Crippen LogP contribution in [0.1, 0.15) is 32.9 Å². The number of allylic oxidation sites excluding steroid dienone is 1. The molecule has 0 radical (unpaired) electrons. The molecule has 2 unspecified atom stereocenters. The molecule has 0 spiro atoms. The molecule has 0 N–H and O–H groups in total. The molecule has 1 aromatic heterocycles. The number of carbonyl (C=O) groups excluding carboxylic acids is 1. The standard InChI is InChI=1S/C22H24Cl3NO3/c1-4-15(12-19(24)25)21(14(2)3)22(27)28-13-17-6-5-7-20(26-17)29-18-10-8-16(23)9-11-18/h5-12,14-15,21H,4,13H2,1-3H3. The second-order valence-electron chi connectivity index (χ2n) is 6.93. The van der Waals surface area contributed by atoms with Gasteiger partial charge in [-0.1, -0.05) is 67.7 Å². The van der Waals surface area contributed by atoms with E-state index < -0.39 is 0 Å².